The summed E-state index contributed by atoms with van der Waals surface area (Å²) in [6.45, 7) is 0.364. The molecule has 1 aliphatic carbocycles. The lowest BCUT2D eigenvalue weighted by Crippen LogP contribution is -2.26. The first-order chi connectivity index (χ1) is 17.1. The molecule has 1 aromatic carbocycles. The van der Waals surface area contributed by atoms with Gasteiger partial charge in [-0.05, 0) is 50.7 Å². The Kier molecular flexibility index (Phi) is 6.92. The molecule has 4 aromatic rings. The summed E-state index contributed by atoms with van der Waals surface area (Å²) in [5.41, 5.74) is 2.80. The molecule has 3 aromatic heterocycles. The molecule has 5 rings (SSSR count). The highest BCUT2D eigenvalue weighted by molar-refractivity contribution is 5.93. The molecule has 35 heavy (non-hydrogen) atoms. The van der Waals surface area contributed by atoms with Gasteiger partial charge in [0.2, 0.25) is 0 Å². The topological polar surface area (TPSA) is 69.8 Å². The smallest absolute Gasteiger partial charge is 0.165 e. The molecule has 1 aliphatic rings. The Balaban J connectivity index is 1.38. The van der Waals surface area contributed by atoms with Crippen molar-refractivity contribution < 1.29 is 13.5 Å². The van der Waals surface area contributed by atoms with Crippen LogP contribution < -0.4 is 10.1 Å². The number of aromatic nitrogens is 5. The Labute approximate surface area is 203 Å². The quantitative estimate of drug-likeness (QED) is 0.312. The molecule has 0 radical (unpaired) electrons. The summed E-state index contributed by atoms with van der Waals surface area (Å²) in [6.07, 6.45) is 10.3. The van der Waals surface area contributed by atoms with Crippen LogP contribution in [0, 0.1) is 5.82 Å². The number of rotatable bonds is 9. The van der Waals surface area contributed by atoms with E-state index in [0.717, 1.165) is 60.1 Å². The fourth-order valence-electron chi connectivity index (χ4n) is 4.73. The van der Waals surface area contributed by atoms with E-state index in [0.29, 0.717) is 18.7 Å². The van der Waals surface area contributed by atoms with E-state index in [2.05, 4.69) is 20.1 Å². The van der Waals surface area contributed by atoms with Crippen LogP contribution in [0.3, 0.4) is 0 Å². The van der Waals surface area contributed by atoms with E-state index in [1.165, 1.54) is 6.07 Å². The zero-order valence-electron chi connectivity index (χ0n) is 19.8. The van der Waals surface area contributed by atoms with Crippen molar-refractivity contribution in [3.63, 3.8) is 0 Å². The minimum absolute atomic E-state index is 0.0165. The summed E-state index contributed by atoms with van der Waals surface area (Å²) in [5.74, 6) is 0.744. The summed E-state index contributed by atoms with van der Waals surface area (Å²) in [7, 11) is 1.89. The zero-order valence-corrected chi connectivity index (χ0v) is 19.8. The normalized spacial score (nSPS) is 18.1. The Morgan fingerprint density at radius 3 is 2.69 bits per heavy atom. The Morgan fingerprint density at radius 2 is 1.94 bits per heavy atom. The van der Waals surface area contributed by atoms with E-state index in [4.69, 9.17) is 9.84 Å². The molecule has 0 saturated heterocycles. The van der Waals surface area contributed by atoms with Crippen LogP contribution in [0.15, 0.2) is 48.9 Å². The summed E-state index contributed by atoms with van der Waals surface area (Å²) < 4.78 is 36.3. The van der Waals surface area contributed by atoms with Crippen molar-refractivity contribution in [1.82, 2.24) is 24.5 Å². The number of pyridine rings is 1. The van der Waals surface area contributed by atoms with Crippen molar-refractivity contribution in [1.29, 1.82) is 0 Å². The number of nitrogens with one attached hydrogen (secondary N) is 1. The Bertz CT molecular complexity index is 1280. The van der Waals surface area contributed by atoms with Crippen LogP contribution in [-0.4, -0.2) is 43.9 Å². The van der Waals surface area contributed by atoms with Gasteiger partial charge >= 0.3 is 0 Å². The van der Waals surface area contributed by atoms with E-state index >= 15 is 0 Å². The molecule has 9 heteroatoms. The lowest BCUT2D eigenvalue weighted by molar-refractivity contribution is 0.126. The second kappa shape index (κ2) is 10.4. The predicted octanol–water partition coefficient (Wildman–Crippen LogP) is 5.70. The van der Waals surface area contributed by atoms with Crippen LogP contribution in [0.25, 0.3) is 22.2 Å². The van der Waals surface area contributed by atoms with Gasteiger partial charge in [0.1, 0.15) is 11.5 Å². The summed E-state index contributed by atoms with van der Waals surface area (Å²) in [4.78, 5) is 4.58. The highest BCUT2D eigenvalue weighted by Gasteiger charge is 2.27. The maximum absolute atomic E-state index is 14.0. The van der Waals surface area contributed by atoms with Gasteiger partial charge in [-0.2, -0.15) is 10.2 Å². The molecule has 7 nitrogen and oxygen atoms in total. The first-order valence-corrected chi connectivity index (χ1v) is 12.2. The Hall–Kier alpha value is -3.49. The number of benzene rings is 1. The number of alkyl halides is 1. The van der Waals surface area contributed by atoms with Crippen LogP contribution in [0.2, 0.25) is 0 Å². The van der Waals surface area contributed by atoms with Crippen molar-refractivity contribution in [2.24, 2.45) is 7.05 Å². The predicted molar refractivity (Wildman–Crippen MR) is 132 cm³/mol. The van der Waals surface area contributed by atoms with Crippen LogP contribution in [0.5, 0.6) is 5.75 Å². The number of fused-ring (bicyclic) bond motifs is 1. The number of ether oxygens (including phenoxy) is 1. The van der Waals surface area contributed by atoms with Gasteiger partial charge in [-0.15, -0.1) is 0 Å². The van der Waals surface area contributed by atoms with Gasteiger partial charge in [-0.3, -0.25) is 13.8 Å². The fraction of sp³-hybridized carbons (Fsp3) is 0.423. The lowest BCUT2D eigenvalue weighted by atomic mass is 9.93. The molecular weight excluding hydrogens is 450 g/mol. The van der Waals surface area contributed by atoms with Gasteiger partial charge < -0.3 is 10.1 Å². The number of hydrogen-bond donors (Lipinski definition) is 1. The highest BCUT2D eigenvalue weighted by atomic mass is 19.1. The van der Waals surface area contributed by atoms with E-state index in [-0.39, 0.29) is 24.6 Å². The maximum atomic E-state index is 14.0. The molecule has 0 amide bonds. The lowest BCUT2D eigenvalue weighted by Gasteiger charge is -2.29. The maximum Gasteiger partial charge on any atom is 0.165 e. The van der Waals surface area contributed by atoms with E-state index in [1.807, 2.05) is 31.7 Å². The average Bonchev–Trinajstić information content (AvgIpc) is 3.47. The third-order valence-corrected chi connectivity index (χ3v) is 6.56. The summed E-state index contributed by atoms with van der Waals surface area (Å²) >= 11 is 0. The molecule has 0 unspecified atom stereocenters. The van der Waals surface area contributed by atoms with Crippen molar-refractivity contribution in [2.75, 3.05) is 18.5 Å². The SMILES string of the molecule is Cn1cc(-c2nn(C3CCC(Oc4ccccc4F)CC3)c3cc(NCCCCF)ncc23)cn1. The molecule has 184 valence electrons. The third kappa shape index (κ3) is 5.13. The highest BCUT2D eigenvalue weighted by Crippen LogP contribution is 2.36. The van der Waals surface area contributed by atoms with Crippen LogP contribution in [-0.2, 0) is 7.05 Å². The third-order valence-electron chi connectivity index (χ3n) is 6.56. The van der Waals surface area contributed by atoms with E-state index in [1.54, 1.807) is 22.9 Å². The first kappa shape index (κ1) is 23.3. The van der Waals surface area contributed by atoms with Crippen molar-refractivity contribution in [3.05, 3.63) is 54.7 Å². The number of anilines is 1. The standard InChI is InChI=1S/C26H30F2N6O/c1-33-17-18(15-31-33)26-21-16-30-25(29-13-5-4-12-27)14-23(21)34(32-26)19-8-10-20(11-9-19)35-24-7-3-2-6-22(24)28/h2-3,6-7,14-17,19-20H,4-5,8-13H2,1H3,(H,29,30). The van der Waals surface area contributed by atoms with Crippen LogP contribution in [0.1, 0.15) is 44.6 Å². The number of hydrogen-bond acceptors (Lipinski definition) is 5. The molecule has 1 fully saturated rings. The average molecular weight is 481 g/mol. The van der Waals surface area contributed by atoms with Crippen molar-refractivity contribution in [2.45, 2.75) is 50.7 Å². The van der Waals surface area contributed by atoms with Crippen molar-refractivity contribution >= 4 is 16.7 Å². The molecule has 0 atom stereocenters. The molecule has 0 aliphatic heterocycles. The van der Waals surface area contributed by atoms with Crippen LogP contribution in [0.4, 0.5) is 14.6 Å². The van der Waals surface area contributed by atoms with Crippen LogP contribution >= 0.6 is 0 Å². The van der Waals surface area contributed by atoms with Gasteiger partial charge in [0.05, 0.1) is 30.5 Å². The van der Waals surface area contributed by atoms with E-state index < -0.39 is 0 Å². The van der Waals surface area contributed by atoms with Gasteiger partial charge in [0.25, 0.3) is 0 Å². The largest absolute Gasteiger partial charge is 0.487 e. The fourth-order valence-corrected chi connectivity index (χ4v) is 4.73. The number of halogens is 2. The zero-order chi connectivity index (χ0) is 24.2. The molecule has 3 heterocycles. The molecule has 1 N–H and O–H groups in total. The molecule has 1 saturated carbocycles. The number of unbranched alkanes of at least 4 members (excludes halogenated alkanes) is 1. The summed E-state index contributed by atoms with van der Waals surface area (Å²) in [6, 6.07) is 8.79. The van der Waals surface area contributed by atoms with E-state index in [9.17, 15) is 8.78 Å². The van der Waals surface area contributed by atoms with Gasteiger partial charge in [-0.25, -0.2) is 9.37 Å². The van der Waals surface area contributed by atoms with Gasteiger partial charge in [-0.1, -0.05) is 12.1 Å². The minimum atomic E-state index is -0.326. The van der Waals surface area contributed by atoms with Gasteiger partial charge in [0.15, 0.2) is 11.6 Å². The monoisotopic (exact) mass is 480 g/mol. The van der Waals surface area contributed by atoms with Gasteiger partial charge in [0, 0.05) is 43.0 Å². The molecular formula is C26H30F2N6O. The van der Waals surface area contributed by atoms with Crippen molar-refractivity contribution in [3.8, 4) is 17.0 Å². The second-order valence-electron chi connectivity index (χ2n) is 9.08. The second-order valence-corrected chi connectivity index (χ2v) is 9.08. The number of aryl methyl sites for hydroxylation is 1. The first-order valence-electron chi connectivity index (χ1n) is 12.2. The molecule has 0 bridgehead atoms. The summed E-state index contributed by atoms with van der Waals surface area (Å²) in [5, 5.41) is 13.6. The number of para-hydroxylation sites is 1. The minimum Gasteiger partial charge on any atom is -0.487 e. The Morgan fingerprint density at radius 1 is 1.11 bits per heavy atom. The molecule has 0 spiro atoms. The number of nitrogens with zero attached hydrogens (tertiary/aromatic N) is 5.